The van der Waals surface area contributed by atoms with Gasteiger partial charge in [0, 0.05) is 19.6 Å². The van der Waals surface area contributed by atoms with Gasteiger partial charge in [-0.3, -0.25) is 9.59 Å². The number of hydrogen-bond acceptors (Lipinski definition) is 3. The maximum atomic E-state index is 11.0. The summed E-state index contributed by atoms with van der Waals surface area (Å²) < 4.78 is 5.14. The molecule has 0 aromatic heterocycles. The van der Waals surface area contributed by atoms with E-state index in [0.29, 0.717) is 6.61 Å². The molecule has 66 valence electrons. The van der Waals surface area contributed by atoms with Crippen LogP contribution in [-0.4, -0.2) is 29.5 Å². The molecule has 0 radical (unpaired) electrons. The van der Waals surface area contributed by atoms with Gasteiger partial charge in [-0.1, -0.05) is 0 Å². The fourth-order valence-corrected chi connectivity index (χ4v) is 1.09. The van der Waals surface area contributed by atoms with Crippen molar-refractivity contribution < 1.29 is 14.3 Å². The number of rotatable bonds is 2. The predicted molar refractivity (Wildman–Crippen MR) is 42.1 cm³/mol. The van der Waals surface area contributed by atoms with Crippen LogP contribution >= 0.6 is 0 Å². The summed E-state index contributed by atoms with van der Waals surface area (Å²) in [6.45, 7) is 3.64. The highest BCUT2D eigenvalue weighted by molar-refractivity contribution is 6.02. The summed E-state index contributed by atoms with van der Waals surface area (Å²) in [6.07, 6.45) is 2.43. The van der Waals surface area contributed by atoms with Crippen molar-refractivity contribution in [2.24, 2.45) is 0 Å². The average Bonchev–Trinajstić information content (AvgIpc) is 2.32. The predicted octanol–water partition coefficient (Wildman–Crippen LogP) is 0.294. The summed E-state index contributed by atoms with van der Waals surface area (Å²) in [4.78, 5) is 23.1. The molecule has 0 aliphatic carbocycles. The molecule has 0 bridgehead atoms. The van der Waals surface area contributed by atoms with Crippen LogP contribution in [0, 0.1) is 0 Å². The minimum absolute atomic E-state index is 0.288. The molecule has 1 atom stereocenters. The van der Waals surface area contributed by atoms with Crippen LogP contribution in [0.1, 0.15) is 13.8 Å². The van der Waals surface area contributed by atoms with Crippen molar-refractivity contribution in [3.63, 3.8) is 0 Å². The van der Waals surface area contributed by atoms with Gasteiger partial charge in [-0.05, 0) is 13.0 Å². The van der Waals surface area contributed by atoms with Gasteiger partial charge in [0.25, 0.3) is 5.91 Å². The van der Waals surface area contributed by atoms with Gasteiger partial charge in [0.05, 0.1) is 0 Å². The summed E-state index contributed by atoms with van der Waals surface area (Å²) in [7, 11) is 0. The number of hydrogen-bond donors (Lipinski definition) is 0. The molecule has 0 unspecified atom stereocenters. The molecular formula is C8H11NO3. The third kappa shape index (κ3) is 1.53. The zero-order valence-electron chi connectivity index (χ0n) is 7.11. The quantitative estimate of drug-likeness (QED) is 0.597. The molecule has 0 saturated carbocycles. The zero-order valence-corrected chi connectivity index (χ0v) is 7.11. The van der Waals surface area contributed by atoms with E-state index >= 15 is 0 Å². The lowest BCUT2D eigenvalue weighted by atomic mass is 10.5. The molecule has 0 saturated heterocycles. The van der Waals surface area contributed by atoms with Crippen molar-refractivity contribution >= 4 is 11.8 Å². The van der Waals surface area contributed by atoms with Crippen LogP contribution in [0.4, 0.5) is 0 Å². The van der Waals surface area contributed by atoms with E-state index in [1.54, 1.807) is 6.08 Å². The van der Waals surface area contributed by atoms with E-state index in [2.05, 4.69) is 0 Å². The third-order valence-corrected chi connectivity index (χ3v) is 1.57. The van der Waals surface area contributed by atoms with Gasteiger partial charge in [0.15, 0.2) is 6.23 Å². The van der Waals surface area contributed by atoms with E-state index in [1.807, 2.05) is 6.92 Å². The summed E-state index contributed by atoms with van der Waals surface area (Å²) >= 11 is 0. The lowest BCUT2D eigenvalue weighted by molar-refractivity contribution is -0.149. The maximum Gasteiger partial charge on any atom is 0.255 e. The SMILES string of the molecule is CCO[C@@H]1C=CC(=O)N1C(C)=O. The minimum atomic E-state index is -0.500. The van der Waals surface area contributed by atoms with E-state index in [0.717, 1.165) is 4.90 Å². The fourth-order valence-electron chi connectivity index (χ4n) is 1.09. The summed E-state index contributed by atoms with van der Waals surface area (Å²) in [6, 6.07) is 0. The average molecular weight is 169 g/mol. The topological polar surface area (TPSA) is 46.6 Å². The van der Waals surface area contributed by atoms with E-state index < -0.39 is 6.23 Å². The molecule has 4 nitrogen and oxygen atoms in total. The molecule has 0 fully saturated rings. The normalized spacial score (nSPS) is 22.0. The molecular weight excluding hydrogens is 158 g/mol. The summed E-state index contributed by atoms with van der Waals surface area (Å²) in [5.41, 5.74) is 0. The van der Waals surface area contributed by atoms with Gasteiger partial charge in [-0.25, -0.2) is 4.90 Å². The lowest BCUT2D eigenvalue weighted by Crippen LogP contribution is -2.39. The van der Waals surface area contributed by atoms with Crippen LogP contribution in [0.2, 0.25) is 0 Å². The Morgan fingerprint density at radius 3 is 2.92 bits per heavy atom. The summed E-state index contributed by atoms with van der Waals surface area (Å²) in [5, 5.41) is 0. The number of carbonyl (C=O) groups is 2. The standard InChI is InChI=1S/C8H11NO3/c1-3-12-8-5-4-7(11)9(8)6(2)10/h4-5,8H,3H2,1-2H3/t8-/m1/s1. The highest BCUT2D eigenvalue weighted by Crippen LogP contribution is 2.12. The first-order valence-electron chi connectivity index (χ1n) is 3.80. The van der Waals surface area contributed by atoms with Crippen LogP contribution in [0.25, 0.3) is 0 Å². The molecule has 4 heteroatoms. The Morgan fingerprint density at radius 1 is 1.75 bits per heavy atom. The van der Waals surface area contributed by atoms with Gasteiger partial charge in [0.1, 0.15) is 0 Å². The van der Waals surface area contributed by atoms with Crippen molar-refractivity contribution in [3.05, 3.63) is 12.2 Å². The number of ether oxygens (including phenoxy) is 1. The van der Waals surface area contributed by atoms with Gasteiger partial charge in [-0.15, -0.1) is 0 Å². The molecule has 1 rings (SSSR count). The molecule has 2 amide bonds. The van der Waals surface area contributed by atoms with E-state index in [1.165, 1.54) is 13.0 Å². The second-order valence-electron chi connectivity index (χ2n) is 2.43. The Bertz CT molecular complexity index is 234. The third-order valence-electron chi connectivity index (χ3n) is 1.57. The number of nitrogens with zero attached hydrogens (tertiary/aromatic N) is 1. The first kappa shape index (κ1) is 8.93. The Morgan fingerprint density at radius 2 is 2.42 bits per heavy atom. The van der Waals surface area contributed by atoms with E-state index in [-0.39, 0.29) is 11.8 Å². The van der Waals surface area contributed by atoms with Gasteiger partial charge >= 0.3 is 0 Å². The Hall–Kier alpha value is -1.16. The molecule has 12 heavy (non-hydrogen) atoms. The molecule has 0 spiro atoms. The van der Waals surface area contributed by atoms with Crippen LogP contribution in [-0.2, 0) is 14.3 Å². The summed E-state index contributed by atoms with van der Waals surface area (Å²) in [5.74, 6) is -0.593. The zero-order chi connectivity index (χ0) is 9.14. The lowest BCUT2D eigenvalue weighted by Gasteiger charge is -2.20. The number of imide groups is 1. The largest absolute Gasteiger partial charge is 0.354 e. The van der Waals surface area contributed by atoms with Crippen LogP contribution in [0.15, 0.2) is 12.2 Å². The van der Waals surface area contributed by atoms with Gasteiger partial charge in [-0.2, -0.15) is 0 Å². The van der Waals surface area contributed by atoms with Crippen molar-refractivity contribution in [1.82, 2.24) is 4.90 Å². The van der Waals surface area contributed by atoms with Crippen molar-refractivity contribution in [1.29, 1.82) is 0 Å². The van der Waals surface area contributed by atoms with Gasteiger partial charge in [0.2, 0.25) is 5.91 Å². The Labute approximate surface area is 70.8 Å². The van der Waals surface area contributed by atoms with Crippen LogP contribution < -0.4 is 0 Å². The molecule has 0 aromatic carbocycles. The molecule has 1 heterocycles. The highest BCUT2D eigenvalue weighted by Gasteiger charge is 2.29. The fraction of sp³-hybridized carbons (Fsp3) is 0.500. The Balaban J connectivity index is 2.69. The smallest absolute Gasteiger partial charge is 0.255 e. The Kier molecular flexibility index (Phi) is 2.60. The van der Waals surface area contributed by atoms with Crippen molar-refractivity contribution in [3.8, 4) is 0 Å². The second-order valence-corrected chi connectivity index (χ2v) is 2.43. The highest BCUT2D eigenvalue weighted by atomic mass is 16.5. The monoisotopic (exact) mass is 169 g/mol. The molecule has 1 aliphatic heterocycles. The maximum absolute atomic E-state index is 11.0. The molecule has 0 N–H and O–H groups in total. The first-order valence-corrected chi connectivity index (χ1v) is 3.80. The van der Waals surface area contributed by atoms with Gasteiger partial charge < -0.3 is 4.74 Å². The number of amides is 2. The number of carbonyl (C=O) groups excluding carboxylic acids is 2. The minimum Gasteiger partial charge on any atom is -0.354 e. The second kappa shape index (κ2) is 3.49. The first-order chi connectivity index (χ1) is 5.66. The van der Waals surface area contributed by atoms with E-state index in [9.17, 15) is 9.59 Å². The van der Waals surface area contributed by atoms with E-state index in [4.69, 9.17) is 4.74 Å². The van der Waals surface area contributed by atoms with Crippen LogP contribution in [0.5, 0.6) is 0 Å². The molecule has 1 aliphatic rings. The van der Waals surface area contributed by atoms with Crippen molar-refractivity contribution in [2.75, 3.05) is 6.61 Å². The van der Waals surface area contributed by atoms with Crippen molar-refractivity contribution in [2.45, 2.75) is 20.1 Å². The van der Waals surface area contributed by atoms with Crippen LogP contribution in [0.3, 0.4) is 0 Å². The molecule has 0 aromatic rings.